The quantitative estimate of drug-likeness (QED) is 0.556. The molecule has 5 heteroatoms. The summed E-state index contributed by atoms with van der Waals surface area (Å²) < 4.78 is 0. The zero-order valence-electron chi connectivity index (χ0n) is 5.83. The van der Waals surface area contributed by atoms with Crippen molar-refractivity contribution in [1.82, 2.24) is 15.0 Å². The van der Waals surface area contributed by atoms with Gasteiger partial charge in [0.15, 0.2) is 5.69 Å². The molecular formula is C5H8N4O. The second kappa shape index (κ2) is 2.09. The summed E-state index contributed by atoms with van der Waals surface area (Å²) in [6.45, 7) is 1.69. The maximum Gasteiger partial charge on any atom is 0.271 e. The SMILES string of the molecule is Cc1nn(C)nc1C(N)=O. The number of aromatic nitrogens is 3. The molecule has 1 amide bonds. The molecule has 2 N–H and O–H groups in total. The number of nitrogens with two attached hydrogens (primary N) is 1. The summed E-state index contributed by atoms with van der Waals surface area (Å²) in [7, 11) is 1.64. The number of primary amides is 1. The number of amides is 1. The number of carbonyl (C=O) groups is 1. The van der Waals surface area contributed by atoms with Crippen molar-refractivity contribution in [3.63, 3.8) is 0 Å². The molecule has 0 bridgehead atoms. The van der Waals surface area contributed by atoms with E-state index in [1.165, 1.54) is 4.80 Å². The Bertz CT molecular complexity index is 265. The van der Waals surface area contributed by atoms with Gasteiger partial charge in [-0.3, -0.25) is 4.79 Å². The van der Waals surface area contributed by atoms with Gasteiger partial charge >= 0.3 is 0 Å². The van der Waals surface area contributed by atoms with Gasteiger partial charge in [-0.1, -0.05) is 0 Å². The van der Waals surface area contributed by atoms with Crippen molar-refractivity contribution >= 4 is 5.91 Å². The molecule has 0 aliphatic heterocycles. The fraction of sp³-hybridized carbons (Fsp3) is 0.400. The predicted octanol–water partition coefficient (Wildman–Crippen LogP) is -0.778. The number of carbonyl (C=O) groups excluding carboxylic acids is 1. The molecule has 0 spiro atoms. The van der Waals surface area contributed by atoms with Crippen LogP contribution in [0.2, 0.25) is 0 Å². The Balaban J connectivity index is 3.15. The van der Waals surface area contributed by atoms with E-state index in [0.29, 0.717) is 5.69 Å². The molecule has 0 radical (unpaired) electrons. The summed E-state index contributed by atoms with van der Waals surface area (Å²) >= 11 is 0. The van der Waals surface area contributed by atoms with Crippen LogP contribution in [0.3, 0.4) is 0 Å². The minimum absolute atomic E-state index is 0.238. The van der Waals surface area contributed by atoms with Gasteiger partial charge in [0.05, 0.1) is 5.69 Å². The molecule has 1 rings (SSSR count). The molecule has 0 unspecified atom stereocenters. The Hall–Kier alpha value is -1.39. The third-order valence-corrected chi connectivity index (χ3v) is 1.12. The highest BCUT2D eigenvalue weighted by molar-refractivity contribution is 5.91. The van der Waals surface area contributed by atoms with Crippen LogP contribution < -0.4 is 5.73 Å². The molecule has 0 saturated carbocycles. The van der Waals surface area contributed by atoms with Crippen LogP contribution in [0.4, 0.5) is 0 Å². The van der Waals surface area contributed by atoms with Gasteiger partial charge in [-0.2, -0.15) is 9.90 Å². The summed E-state index contributed by atoms with van der Waals surface area (Å²) in [5.74, 6) is -0.536. The average Bonchev–Trinajstić information content (AvgIpc) is 2.10. The first-order valence-electron chi connectivity index (χ1n) is 2.79. The van der Waals surface area contributed by atoms with E-state index in [1.54, 1.807) is 14.0 Å². The molecule has 54 valence electrons. The van der Waals surface area contributed by atoms with Gasteiger partial charge in [-0.25, -0.2) is 0 Å². The standard InChI is InChI=1S/C5H8N4O/c1-3-4(5(6)10)8-9(2)7-3/h1-2H3,(H2,6,10). The molecule has 0 saturated heterocycles. The van der Waals surface area contributed by atoms with Crippen LogP contribution in [0, 0.1) is 6.92 Å². The minimum Gasteiger partial charge on any atom is -0.364 e. The lowest BCUT2D eigenvalue weighted by atomic mass is 10.3. The van der Waals surface area contributed by atoms with Gasteiger partial charge in [-0.05, 0) is 6.92 Å². The summed E-state index contributed by atoms with van der Waals surface area (Å²) in [5, 5.41) is 7.58. The number of rotatable bonds is 1. The summed E-state index contributed by atoms with van der Waals surface area (Å²) in [5.41, 5.74) is 5.78. The molecule has 0 aliphatic carbocycles. The number of hydrogen-bond acceptors (Lipinski definition) is 3. The number of aryl methyl sites for hydroxylation is 2. The molecule has 0 aliphatic rings. The van der Waals surface area contributed by atoms with E-state index in [-0.39, 0.29) is 5.69 Å². The predicted molar refractivity (Wildman–Crippen MR) is 34.3 cm³/mol. The second-order valence-corrected chi connectivity index (χ2v) is 1.99. The topological polar surface area (TPSA) is 73.8 Å². The van der Waals surface area contributed by atoms with Gasteiger partial charge in [0, 0.05) is 7.05 Å². The molecule has 0 aromatic carbocycles. The van der Waals surface area contributed by atoms with Gasteiger partial charge in [0.1, 0.15) is 0 Å². The van der Waals surface area contributed by atoms with Crippen molar-refractivity contribution in [2.45, 2.75) is 6.92 Å². The Morgan fingerprint density at radius 1 is 1.60 bits per heavy atom. The highest BCUT2D eigenvalue weighted by Gasteiger charge is 2.09. The first-order valence-corrected chi connectivity index (χ1v) is 2.79. The first-order chi connectivity index (χ1) is 4.61. The molecule has 1 heterocycles. The Kier molecular flexibility index (Phi) is 1.41. The largest absolute Gasteiger partial charge is 0.364 e. The molecule has 10 heavy (non-hydrogen) atoms. The fourth-order valence-electron chi connectivity index (χ4n) is 0.731. The van der Waals surface area contributed by atoms with Crippen molar-refractivity contribution < 1.29 is 4.79 Å². The smallest absolute Gasteiger partial charge is 0.271 e. The molecule has 0 atom stereocenters. The third kappa shape index (κ3) is 0.975. The summed E-state index contributed by atoms with van der Waals surface area (Å²) in [4.78, 5) is 11.9. The lowest BCUT2D eigenvalue weighted by Gasteiger charge is -1.83. The molecule has 1 aromatic heterocycles. The Morgan fingerprint density at radius 2 is 2.20 bits per heavy atom. The van der Waals surface area contributed by atoms with Crippen LogP contribution in [-0.2, 0) is 7.05 Å². The van der Waals surface area contributed by atoms with Gasteiger partial charge in [-0.15, -0.1) is 5.10 Å². The maximum absolute atomic E-state index is 10.5. The second-order valence-electron chi connectivity index (χ2n) is 1.99. The molecule has 5 nitrogen and oxygen atoms in total. The van der Waals surface area contributed by atoms with Gasteiger partial charge in [0.2, 0.25) is 0 Å². The monoisotopic (exact) mass is 140 g/mol. The highest BCUT2D eigenvalue weighted by atomic mass is 16.1. The zero-order valence-corrected chi connectivity index (χ0v) is 5.83. The normalized spacial score (nSPS) is 9.80. The van der Waals surface area contributed by atoms with Crippen molar-refractivity contribution in [3.05, 3.63) is 11.4 Å². The van der Waals surface area contributed by atoms with E-state index in [1.807, 2.05) is 0 Å². The lowest BCUT2D eigenvalue weighted by molar-refractivity contribution is 0.0994. The van der Waals surface area contributed by atoms with Crippen LogP contribution >= 0.6 is 0 Å². The maximum atomic E-state index is 10.5. The van der Waals surface area contributed by atoms with E-state index in [2.05, 4.69) is 10.2 Å². The molecule has 0 fully saturated rings. The number of hydrogen-bond donors (Lipinski definition) is 1. The van der Waals surface area contributed by atoms with Crippen molar-refractivity contribution in [2.75, 3.05) is 0 Å². The van der Waals surface area contributed by atoms with E-state index < -0.39 is 5.91 Å². The van der Waals surface area contributed by atoms with Crippen LogP contribution in [0.5, 0.6) is 0 Å². The fourth-order valence-corrected chi connectivity index (χ4v) is 0.731. The Morgan fingerprint density at radius 3 is 2.40 bits per heavy atom. The molecule has 1 aromatic rings. The van der Waals surface area contributed by atoms with Gasteiger partial charge < -0.3 is 5.73 Å². The lowest BCUT2D eigenvalue weighted by Crippen LogP contribution is -2.13. The van der Waals surface area contributed by atoms with Crippen LogP contribution in [0.1, 0.15) is 16.2 Å². The Labute approximate surface area is 57.8 Å². The van der Waals surface area contributed by atoms with Gasteiger partial charge in [0.25, 0.3) is 5.91 Å². The van der Waals surface area contributed by atoms with E-state index in [4.69, 9.17) is 5.73 Å². The molecular weight excluding hydrogens is 132 g/mol. The van der Waals surface area contributed by atoms with Crippen LogP contribution in [0.25, 0.3) is 0 Å². The van der Waals surface area contributed by atoms with Crippen LogP contribution in [0.15, 0.2) is 0 Å². The van der Waals surface area contributed by atoms with Crippen LogP contribution in [-0.4, -0.2) is 20.9 Å². The average molecular weight is 140 g/mol. The van der Waals surface area contributed by atoms with E-state index >= 15 is 0 Å². The first kappa shape index (κ1) is 6.73. The zero-order chi connectivity index (χ0) is 7.72. The van der Waals surface area contributed by atoms with Crippen molar-refractivity contribution in [1.29, 1.82) is 0 Å². The van der Waals surface area contributed by atoms with E-state index in [9.17, 15) is 4.79 Å². The summed E-state index contributed by atoms with van der Waals surface area (Å²) in [6, 6.07) is 0. The third-order valence-electron chi connectivity index (χ3n) is 1.12. The van der Waals surface area contributed by atoms with Crippen molar-refractivity contribution in [3.8, 4) is 0 Å². The van der Waals surface area contributed by atoms with E-state index in [0.717, 1.165) is 0 Å². The summed E-state index contributed by atoms with van der Waals surface area (Å²) in [6.07, 6.45) is 0. The number of nitrogens with zero attached hydrogens (tertiary/aromatic N) is 3. The minimum atomic E-state index is -0.536. The van der Waals surface area contributed by atoms with Crippen molar-refractivity contribution in [2.24, 2.45) is 12.8 Å². The highest BCUT2D eigenvalue weighted by Crippen LogP contribution is 1.96.